The van der Waals surface area contributed by atoms with Gasteiger partial charge in [0.15, 0.2) is 0 Å². The molecule has 1 aromatic rings. The summed E-state index contributed by atoms with van der Waals surface area (Å²) >= 11 is 0. The van der Waals surface area contributed by atoms with E-state index in [-0.39, 0.29) is 23.3 Å². The molecule has 0 saturated carbocycles. The number of nitrogens with one attached hydrogen (secondary N) is 1. The number of hydrogen-bond acceptors (Lipinski definition) is 5. The van der Waals surface area contributed by atoms with Crippen LogP contribution in [0.3, 0.4) is 0 Å². The molecule has 2 amide bonds. The molecule has 0 spiro atoms. The van der Waals surface area contributed by atoms with Crippen molar-refractivity contribution in [2.24, 2.45) is 5.92 Å². The second-order valence-electron chi connectivity index (χ2n) is 6.46. The van der Waals surface area contributed by atoms with E-state index in [2.05, 4.69) is 5.32 Å². The monoisotopic (exact) mass is 397 g/mol. The zero-order chi connectivity index (χ0) is 20.2. The molecule has 0 aromatic heterocycles. The van der Waals surface area contributed by atoms with E-state index < -0.39 is 21.9 Å². The summed E-state index contributed by atoms with van der Waals surface area (Å²) in [6.07, 6.45) is 0.726. The normalized spacial score (nSPS) is 15.6. The van der Waals surface area contributed by atoms with Crippen LogP contribution >= 0.6 is 0 Å². The Morgan fingerprint density at radius 1 is 1.19 bits per heavy atom. The van der Waals surface area contributed by atoms with Crippen LogP contribution in [-0.4, -0.2) is 67.2 Å². The molecule has 1 aliphatic rings. The Morgan fingerprint density at radius 2 is 1.74 bits per heavy atom. The average Bonchev–Trinajstić information content (AvgIpc) is 2.61. The van der Waals surface area contributed by atoms with E-state index >= 15 is 0 Å². The molecule has 1 heterocycles. The summed E-state index contributed by atoms with van der Waals surface area (Å²) in [7, 11) is -2.54. The summed E-state index contributed by atoms with van der Waals surface area (Å²) in [6, 6.07) is 5.67. The molecule has 10 heteroatoms. The lowest BCUT2D eigenvalue weighted by Crippen LogP contribution is -2.45. The SMILES string of the molecule is CC(=O)Nc1ccc(S(=O)(=O)N(C)CC(=O)N2CCC(C(=O)O)CC2)cc1. The van der Waals surface area contributed by atoms with E-state index in [0.717, 1.165) is 4.31 Å². The van der Waals surface area contributed by atoms with E-state index in [0.29, 0.717) is 31.6 Å². The van der Waals surface area contributed by atoms with Gasteiger partial charge >= 0.3 is 5.97 Å². The van der Waals surface area contributed by atoms with Gasteiger partial charge in [0.25, 0.3) is 0 Å². The number of likely N-dealkylation sites (tertiary alicyclic amines) is 1. The highest BCUT2D eigenvalue weighted by molar-refractivity contribution is 7.89. The number of benzene rings is 1. The van der Waals surface area contributed by atoms with Gasteiger partial charge in [-0.15, -0.1) is 0 Å². The molecule has 1 fully saturated rings. The van der Waals surface area contributed by atoms with Crippen molar-refractivity contribution in [3.63, 3.8) is 0 Å². The molecular weight excluding hydrogens is 374 g/mol. The second kappa shape index (κ2) is 8.49. The fourth-order valence-corrected chi connectivity index (χ4v) is 3.97. The van der Waals surface area contributed by atoms with Crippen LogP contribution in [0.1, 0.15) is 19.8 Å². The number of rotatable bonds is 6. The first kappa shape index (κ1) is 20.8. The van der Waals surface area contributed by atoms with Crippen LogP contribution in [0.4, 0.5) is 5.69 Å². The fourth-order valence-electron chi connectivity index (χ4n) is 2.84. The molecule has 0 unspecified atom stereocenters. The Labute approximate surface area is 158 Å². The van der Waals surface area contributed by atoms with Gasteiger partial charge in [-0.25, -0.2) is 8.42 Å². The standard InChI is InChI=1S/C17H23N3O6S/c1-12(21)18-14-3-5-15(6-4-14)27(25,26)19(2)11-16(22)20-9-7-13(8-10-20)17(23)24/h3-6,13H,7-11H2,1-2H3,(H,18,21)(H,23,24). The predicted octanol–water partition coefficient (Wildman–Crippen LogP) is 0.589. The number of hydrogen-bond donors (Lipinski definition) is 2. The molecule has 0 aliphatic carbocycles. The van der Waals surface area contributed by atoms with Crippen molar-refractivity contribution in [1.82, 2.24) is 9.21 Å². The lowest BCUT2D eigenvalue weighted by atomic mass is 9.97. The molecule has 0 atom stereocenters. The van der Waals surface area contributed by atoms with Gasteiger partial charge in [-0.3, -0.25) is 14.4 Å². The van der Waals surface area contributed by atoms with Crippen LogP contribution in [0.5, 0.6) is 0 Å². The maximum absolute atomic E-state index is 12.6. The first-order valence-electron chi connectivity index (χ1n) is 8.46. The first-order chi connectivity index (χ1) is 12.6. The maximum Gasteiger partial charge on any atom is 0.306 e. The van der Waals surface area contributed by atoms with Gasteiger partial charge in [-0.1, -0.05) is 0 Å². The fraction of sp³-hybridized carbons (Fsp3) is 0.471. The highest BCUT2D eigenvalue weighted by Crippen LogP contribution is 2.20. The van der Waals surface area contributed by atoms with Crippen molar-refractivity contribution in [2.75, 3.05) is 32.0 Å². The Balaban J connectivity index is 1.99. The summed E-state index contributed by atoms with van der Waals surface area (Å²) in [5.41, 5.74) is 0.474. The van der Waals surface area contributed by atoms with Crippen molar-refractivity contribution in [3.8, 4) is 0 Å². The largest absolute Gasteiger partial charge is 0.481 e. The molecular formula is C17H23N3O6S. The van der Waals surface area contributed by atoms with Gasteiger partial charge in [-0.2, -0.15) is 4.31 Å². The summed E-state index contributed by atoms with van der Waals surface area (Å²) in [4.78, 5) is 35.9. The van der Waals surface area contributed by atoms with Crippen LogP contribution in [-0.2, 0) is 24.4 Å². The average molecular weight is 397 g/mol. The third kappa shape index (κ3) is 5.27. The molecule has 1 saturated heterocycles. The minimum atomic E-state index is -3.86. The van der Waals surface area contributed by atoms with Gasteiger partial charge < -0.3 is 15.3 Å². The van der Waals surface area contributed by atoms with E-state index in [4.69, 9.17) is 5.11 Å². The number of carbonyl (C=O) groups excluding carboxylic acids is 2. The third-order valence-electron chi connectivity index (χ3n) is 4.44. The smallest absolute Gasteiger partial charge is 0.306 e. The summed E-state index contributed by atoms with van der Waals surface area (Å²) in [5.74, 6) is -1.96. The number of anilines is 1. The van der Waals surface area contributed by atoms with Crippen molar-refractivity contribution < 1.29 is 27.9 Å². The third-order valence-corrected chi connectivity index (χ3v) is 6.26. The van der Waals surface area contributed by atoms with Crippen molar-refractivity contribution >= 4 is 33.5 Å². The molecule has 9 nitrogen and oxygen atoms in total. The minimum Gasteiger partial charge on any atom is -0.481 e. The predicted molar refractivity (Wildman–Crippen MR) is 97.5 cm³/mol. The Hall–Kier alpha value is -2.46. The lowest BCUT2D eigenvalue weighted by Gasteiger charge is -2.31. The molecule has 2 N–H and O–H groups in total. The molecule has 148 valence electrons. The quantitative estimate of drug-likeness (QED) is 0.724. The van der Waals surface area contributed by atoms with Crippen molar-refractivity contribution in [1.29, 1.82) is 0 Å². The molecule has 2 rings (SSSR count). The summed E-state index contributed by atoms with van der Waals surface area (Å²) in [5, 5.41) is 11.5. The molecule has 0 radical (unpaired) electrons. The molecule has 27 heavy (non-hydrogen) atoms. The van der Waals surface area contributed by atoms with Crippen LogP contribution in [0.25, 0.3) is 0 Å². The number of amides is 2. The van der Waals surface area contributed by atoms with E-state index in [9.17, 15) is 22.8 Å². The number of piperidine rings is 1. The first-order valence-corrected chi connectivity index (χ1v) is 9.90. The van der Waals surface area contributed by atoms with E-state index in [1.165, 1.54) is 43.1 Å². The van der Waals surface area contributed by atoms with Gasteiger partial charge in [0.1, 0.15) is 0 Å². The number of likely N-dealkylation sites (N-methyl/N-ethyl adjacent to an activating group) is 1. The van der Waals surface area contributed by atoms with Gasteiger partial charge in [0.2, 0.25) is 21.8 Å². The van der Waals surface area contributed by atoms with Gasteiger partial charge in [0, 0.05) is 32.7 Å². The number of aliphatic carboxylic acids is 1. The van der Waals surface area contributed by atoms with E-state index in [1.54, 1.807) is 0 Å². The summed E-state index contributed by atoms with van der Waals surface area (Å²) in [6.45, 7) is 1.63. The number of sulfonamides is 1. The highest BCUT2D eigenvalue weighted by atomic mass is 32.2. The van der Waals surface area contributed by atoms with Crippen LogP contribution < -0.4 is 5.32 Å². The topological polar surface area (TPSA) is 124 Å². The minimum absolute atomic E-state index is 0.0106. The molecule has 0 bridgehead atoms. The summed E-state index contributed by atoms with van der Waals surface area (Å²) < 4.78 is 26.2. The van der Waals surface area contributed by atoms with Crippen LogP contribution in [0.15, 0.2) is 29.2 Å². The van der Waals surface area contributed by atoms with Crippen LogP contribution in [0, 0.1) is 5.92 Å². The van der Waals surface area contributed by atoms with Gasteiger partial charge in [-0.05, 0) is 37.1 Å². The number of carbonyl (C=O) groups is 3. The Bertz CT molecular complexity index is 814. The number of carboxylic acids is 1. The lowest BCUT2D eigenvalue weighted by molar-refractivity contribution is -0.145. The van der Waals surface area contributed by atoms with Crippen molar-refractivity contribution in [3.05, 3.63) is 24.3 Å². The van der Waals surface area contributed by atoms with Crippen LogP contribution in [0.2, 0.25) is 0 Å². The number of carboxylic acid groups (broad SMARTS) is 1. The van der Waals surface area contributed by atoms with E-state index in [1.807, 2.05) is 0 Å². The second-order valence-corrected chi connectivity index (χ2v) is 8.50. The Morgan fingerprint density at radius 3 is 2.22 bits per heavy atom. The van der Waals surface area contributed by atoms with Crippen molar-refractivity contribution in [2.45, 2.75) is 24.7 Å². The maximum atomic E-state index is 12.6. The highest BCUT2D eigenvalue weighted by Gasteiger charge is 2.29. The molecule has 1 aliphatic heterocycles. The zero-order valence-electron chi connectivity index (χ0n) is 15.2. The number of nitrogens with zero attached hydrogens (tertiary/aromatic N) is 2. The zero-order valence-corrected chi connectivity index (χ0v) is 16.0. The molecule has 1 aromatic carbocycles. The Kier molecular flexibility index (Phi) is 6.55. The van der Waals surface area contributed by atoms with Gasteiger partial charge in [0.05, 0.1) is 17.4 Å².